The Kier molecular flexibility index (Phi) is 3.60. The van der Waals surface area contributed by atoms with Crippen LogP contribution in [-0.2, 0) is 6.18 Å². The van der Waals surface area contributed by atoms with Crippen LogP contribution in [0.2, 0.25) is 0 Å². The van der Waals surface area contributed by atoms with Crippen LogP contribution in [0.5, 0.6) is 0 Å². The molecular weight excluding hydrogens is 335 g/mol. The maximum atomic E-state index is 13.4. The summed E-state index contributed by atoms with van der Waals surface area (Å²) in [7, 11) is 0. The van der Waals surface area contributed by atoms with E-state index in [1.807, 2.05) is 0 Å². The van der Waals surface area contributed by atoms with Crippen LogP contribution in [0, 0.1) is 0 Å². The molecule has 1 aliphatic heterocycles. The first kappa shape index (κ1) is 15.8. The number of fused-ring (bicyclic) bond motifs is 1. The minimum atomic E-state index is -4.47. The van der Waals surface area contributed by atoms with Crippen molar-refractivity contribution in [2.75, 3.05) is 11.4 Å². The van der Waals surface area contributed by atoms with E-state index in [1.165, 1.54) is 24.7 Å². The number of rotatable bonds is 2. The second kappa shape index (κ2) is 5.69. The number of halogens is 3. The molecule has 0 spiro atoms. The summed E-state index contributed by atoms with van der Waals surface area (Å²) in [4.78, 5) is 5.94. The lowest BCUT2D eigenvalue weighted by Gasteiger charge is -2.27. The van der Waals surface area contributed by atoms with E-state index in [0.29, 0.717) is 11.5 Å². The Bertz CT molecular complexity index is 910. The fraction of sp³-hybridized carbons (Fsp3) is 0.312. The fourth-order valence-electron chi connectivity index (χ4n) is 3.34. The zero-order valence-corrected chi connectivity index (χ0v) is 12.9. The molecule has 9 heteroatoms. The number of β-amino-alcohol motifs (C(OH)–C–C–N with tert-alkyl or cyclic N) is 1. The van der Waals surface area contributed by atoms with Crippen molar-refractivity contribution in [2.45, 2.75) is 24.7 Å². The molecule has 1 aromatic carbocycles. The molecule has 0 saturated carbocycles. The highest BCUT2D eigenvalue weighted by atomic mass is 19.4. The summed E-state index contributed by atoms with van der Waals surface area (Å²) in [5, 5.41) is 17.9. The molecule has 2 aromatic heterocycles. The van der Waals surface area contributed by atoms with Gasteiger partial charge in [0.15, 0.2) is 5.82 Å². The molecule has 6 nitrogen and oxygen atoms in total. The Morgan fingerprint density at radius 2 is 2.00 bits per heavy atom. The predicted octanol–water partition coefficient (Wildman–Crippen LogP) is 2.46. The van der Waals surface area contributed by atoms with E-state index < -0.39 is 23.9 Å². The van der Waals surface area contributed by atoms with Gasteiger partial charge in [-0.15, -0.1) is 10.2 Å². The monoisotopic (exact) mass is 349 g/mol. The van der Waals surface area contributed by atoms with Crippen LogP contribution in [-0.4, -0.2) is 37.3 Å². The second-order valence-electron chi connectivity index (χ2n) is 5.96. The lowest BCUT2D eigenvalue weighted by atomic mass is 9.97. The maximum Gasteiger partial charge on any atom is 0.416 e. The van der Waals surface area contributed by atoms with Crippen LogP contribution in [0.3, 0.4) is 0 Å². The van der Waals surface area contributed by atoms with Crippen molar-refractivity contribution in [1.82, 2.24) is 19.6 Å². The standard InChI is InChI=1S/C16H14F3N5O/c17-16(18,19)12-4-2-1-3-11(12)13-7-10(25)8-24(13)14-15-22-21-9-23(15)6-5-20-14/h1-6,9-10,13,25H,7-8H2/t10-,13+/m0/s1. The lowest BCUT2D eigenvalue weighted by molar-refractivity contribution is -0.138. The number of benzene rings is 1. The van der Waals surface area contributed by atoms with Crippen LogP contribution in [0.15, 0.2) is 43.0 Å². The number of aromatic nitrogens is 4. The molecule has 0 radical (unpaired) electrons. The average Bonchev–Trinajstić information content (AvgIpc) is 3.20. The number of aliphatic hydroxyl groups excluding tert-OH is 1. The van der Waals surface area contributed by atoms with Crippen molar-refractivity contribution in [2.24, 2.45) is 0 Å². The lowest BCUT2D eigenvalue weighted by Crippen LogP contribution is -2.27. The van der Waals surface area contributed by atoms with Crippen molar-refractivity contribution >= 4 is 11.5 Å². The van der Waals surface area contributed by atoms with Gasteiger partial charge in [-0.3, -0.25) is 4.40 Å². The highest BCUT2D eigenvalue weighted by molar-refractivity contribution is 5.65. The van der Waals surface area contributed by atoms with Gasteiger partial charge in [-0.25, -0.2) is 4.98 Å². The molecule has 1 aliphatic rings. The van der Waals surface area contributed by atoms with E-state index in [2.05, 4.69) is 15.2 Å². The third-order valence-electron chi connectivity index (χ3n) is 4.37. The Hall–Kier alpha value is -2.68. The molecule has 1 N–H and O–H groups in total. The number of hydrogen-bond donors (Lipinski definition) is 1. The smallest absolute Gasteiger partial charge is 0.391 e. The van der Waals surface area contributed by atoms with Gasteiger partial charge in [0.25, 0.3) is 0 Å². The van der Waals surface area contributed by atoms with E-state index in [1.54, 1.807) is 21.6 Å². The fourth-order valence-corrected chi connectivity index (χ4v) is 3.34. The normalized spacial score (nSPS) is 21.2. The molecule has 3 heterocycles. The van der Waals surface area contributed by atoms with Crippen LogP contribution in [0.4, 0.5) is 19.0 Å². The van der Waals surface area contributed by atoms with Crippen LogP contribution in [0.1, 0.15) is 23.6 Å². The van der Waals surface area contributed by atoms with Crippen molar-refractivity contribution < 1.29 is 18.3 Å². The van der Waals surface area contributed by atoms with Gasteiger partial charge in [-0.2, -0.15) is 13.2 Å². The predicted molar refractivity (Wildman–Crippen MR) is 82.9 cm³/mol. The third-order valence-corrected chi connectivity index (χ3v) is 4.37. The number of alkyl halides is 3. The van der Waals surface area contributed by atoms with E-state index in [0.717, 1.165) is 6.07 Å². The molecule has 3 aromatic rings. The van der Waals surface area contributed by atoms with E-state index in [9.17, 15) is 18.3 Å². The van der Waals surface area contributed by atoms with Gasteiger partial charge in [-0.05, 0) is 18.1 Å². The zero-order chi connectivity index (χ0) is 17.6. The molecule has 0 amide bonds. The van der Waals surface area contributed by atoms with Gasteiger partial charge in [-0.1, -0.05) is 18.2 Å². The highest BCUT2D eigenvalue weighted by Crippen LogP contribution is 2.42. The topological polar surface area (TPSA) is 66.5 Å². The van der Waals surface area contributed by atoms with E-state index in [4.69, 9.17) is 0 Å². The average molecular weight is 349 g/mol. The minimum absolute atomic E-state index is 0.120. The number of hydrogen-bond acceptors (Lipinski definition) is 5. The largest absolute Gasteiger partial charge is 0.416 e. The number of aliphatic hydroxyl groups is 1. The summed E-state index contributed by atoms with van der Waals surface area (Å²) in [6, 6.07) is 4.78. The van der Waals surface area contributed by atoms with Crippen molar-refractivity contribution in [3.8, 4) is 0 Å². The molecular formula is C16H14F3N5O. The third kappa shape index (κ3) is 2.70. The summed E-state index contributed by atoms with van der Waals surface area (Å²) in [5.74, 6) is 0.401. The Balaban J connectivity index is 1.84. The van der Waals surface area contributed by atoms with Gasteiger partial charge >= 0.3 is 6.18 Å². The summed E-state index contributed by atoms with van der Waals surface area (Å²) < 4.78 is 41.9. The van der Waals surface area contributed by atoms with Gasteiger partial charge in [0, 0.05) is 18.9 Å². The summed E-state index contributed by atoms with van der Waals surface area (Å²) in [6.45, 7) is 0.177. The minimum Gasteiger partial charge on any atom is -0.391 e. The van der Waals surface area contributed by atoms with E-state index in [-0.39, 0.29) is 18.5 Å². The van der Waals surface area contributed by atoms with Gasteiger partial charge < -0.3 is 10.0 Å². The van der Waals surface area contributed by atoms with Crippen LogP contribution >= 0.6 is 0 Å². The zero-order valence-electron chi connectivity index (χ0n) is 12.9. The first-order valence-electron chi connectivity index (χ1n) is 7.70. The molecule has 0 aliphatic carbocycles. The Morgan fingerprint density at radius 3 is 2.80 bits per heavy atom. The second-order valence-corrected chi connectivity index (χ2v) is 5.96. The molecule has 0 unspecified atom stereocenters. The van der Waals surface area contributed by atoms with Gasteiger partial charge in [0.1, 0.15) is 6.33 Å². The summed E-state index contributed by atoms with van der Waals surface area (Å²) in [6.07, 6.45) is -0.358. The van der Waals surface area contributed by atoms with Gasteiger partial charge in [0.2, 0.25) is 5.65 Å². The molecule has 130 valence electrons. The molecule has 2 atom stereocenters. The molecule has 25 heavy (non-hydrogen) atoms. The molecule has 0 bridgehead atoms. The highest BCUT2D eigenvalue weighted by Gasteiger charge is 2.40. The van der Waals surface area contributed by atoms with Gasteiger partial charge in [0.05, 0.1) is 17.7 Å². The maximum absolute atomic E-state index is 13.4. The molecule has 1 fully saturated rings. The van der Waals surface area contributed by atoms with Crippen LogP contribution < -0.4 is 4.90 Å². The number of nitrogens with zero attached hydrogens (tertiary/aromatic N) is 5. The van der Waals surface area contributed by atoms with Crippen molar-refractivity contribution in [3.05, 3.63) is 54.1 Å². The first-order chi connectivity index (χ1) is 11.9. The van der Waals surface area contributed by atoms with Crippen molar-refractivity contribution in [3.63, 3.8) is 0 Å². The SMILES string of the molecule is O[C@H]1C[C@H](c2ccccc2C(F)(F)F)N(c2nccn3cnnc23)C1. The Morgan fingerprint density at radius 1 is 1.20 bits per heavy atom. The summed E-state index contributed by atoms with van der Waals surface area (Å²) in [5.41, 5.74) is -0.145. The van der Waals surface area contributed by atoms with Crippen LogP contribution in [0.25, 0.3) is 5.65 Å². The molecule has 1 saturated heterocycles. The summed E-state index contributed by atoms with van der Waals surface area (Å²) >= 11 is 0. The van der Waals surface area contributed by atoms with E-state index >= 15 is 0 Å². The van der Waals surface area contributed by atoms with Crippen molar-refractivity contribution in [1.29, 1.82) is 0 Å². The Labute approximate surface area is 140 Å². The molecule has 4 rings (SSSR count). The quantitative estimate of drug-likeness (QED) is 0.770. The first-order valence-corrected chi connectivity index (χ1v) is 7.70. The number of anilines is 1.